The molecule has 1 N–H and O–H groups in total. The maximum atomic E-state index is 10.0. The summed E-state index contributed by atoms with van der Waals surface area (Å²) in [5.41, 5.74) is 2.65. The van der Waals surface area contributed by atoms with Gasteiger partial charge in [0.15, 0.2) is 11.6 Å². The number of likely N-dealkylation sites (N-methyl/N-ethyl adjacent to an activating group) is 1. The molecule has 0 unspecified atom stereocenters. The number of quaternary nitrogens is 1. The molecule has 146 valence electrons. The molecule has 2 aromatic heterocycles. The fraction of sp³-hybridized carbons (Fsp3) is 0.273. The number of nitrogens with one attached hydrogen (secondary N) is 1. The Morgan fingerprint density at radius 1 is 1.07 bits per heavy atom. The lowest BCUT2D eigenvalue weighted by atomic mass is 10.1. The normalized spacial score (nSPS) is 14.4. The third-order valence-electron chi connectivity index (χ3n) is 5.18. The van der Waals surface area contributed by atoms with Crippen LogP contribution in [0.3, 0.4) is 0 Å². The molecule has 0 atom stereocenters. The van der Waals surface area contributed by atoms with Gasteiger partial charge in [-0.05, 0) is 36.4 Å². The monoisotopic (exact) mass is 387 g/mol. The molecular weight excluding hydrogens is 364 g/mol. The van der Waals surface area contributed by atoms with E-state index in [0.717, 1.165) is 37.5 Å². The van der Waals surface area contributed by atoms with Gasteiger partial charge in [-0.25, -0.2) is 9.97 Å². The van der Waals surface area contributed by atoms with Gasteiger partial charge < -0.3 is 14.5 Å². The SMILES string of the molecule is COc1ccc(-c2nc(-c3ccccn3)nc(N3CC[NH+](C)CC3)c2C#N)cc1. The first-order chi connectivity index (χ1) is 14.2. The van der Waals surface area contributed by atoms with Gasteiger partial charge in [-0.15, -0.1) is 0 Å². The fourth-order valence-corrected chi connectivity index (χ4v) is 3.45. The van der Waals surface area contributed by atoms with Crippen molar-refractivity contribution in [3.05, 3.63) is 54.2 Å². The van der Waals surface area contributed by atoms with Crippen LogP contribution in [0.4, 0.5) is 5.82 Å². The van der Waals surface area contributed by atoms with Crippen molar-refractivity contribution in [2.45, 2.75) is 0 Å². The number of benzene rings is 1. The number of nitrogens with zero attached hydrogens (tertiary/aromatic N) is 5. The van der Waals surface area contributed by atoms with Gasteiger partial charge in [0.25, 0.3) is 0 Å². The van der Waals surface area contributed by atoms with E-state index in [4.69, 9.17) is 14.7 Å². The topological polar surface area (TPSA) is 79.4 Å². The zero-order chi connectivity index (χ0) is 20.2. The Bertz CT molecular complexity index is 1020. The summed E-state index contributed by atoms with van der Waals surface area (Å²) in [5, 5.41) is 10.0. The maximum absolute atomic E-state index is 10.0. The van der Waals surface area contributed by atoms with Crippen molar-refractivity contribution in [3.63, 3.8) is 0 Å². The molecule has 3 aromatic rings. The predicted molar refractivity (Wildman–Crippen MR) is 111 cm³/mol. The van der Waals surface area contributed by atoms with Crippen LogP contribution < -0.4 is 14.5 Å². The van der Waals surface area contributed by atoms with Gasteiger partial charge in [0.2, 0.25) is 0 Å². The van der Waals surface area contributed by atoms with Gasteiger partial charge in [-0.1, -0.05) is 6.07 Å². The first-order valence-corrected chi connectivity index (χ1v) is 9.64. The van der Waals surface area contributed by atoms with E-state index < -0.39 is 0 Å². The van der Waals surface area contributed by atoms with E-state index >= 15 is 0 Å². The van der Waals surface area contributed by atoms with Gasteiger partial charge in [0.05, 0.1) is 46.0 Å². The average molecular weight is 387 g/mol. The van der Waals surface area contributed by atoms with E-state index in [-0.39, 0.29) is 0 Å². The number of ether oxygens (including phenoxy) is 1. The van der Waals surface area contributed by atoms with Gasteiger partial charge >= 0.3 is 0 Å². The second-order valence-corrected chi connectivity index (χ2v) is 7.09. The number of aromatic nitrogens is 3. The number of hydrogen-bond donors (Lipinski definition) is 1. The minimum Gasteiger partial charge on any atom is -0.497 e. The molecule has 1 saturated heterocycles. The van der Waals surface area contributed by atoms with Crippen LogP contribution in [0.1, 0.15) is 5.56 Å². The van der Waals surface area contributed by atoms with E-state index in [1.807, 2.05) is 42.5 Å². The van der Waals surface area contributed by atoms with Crippen LogP contribution in [-0.2, 0) is 0 Å². The first-order valence-electron chi connectivity index (χ1n) is 9.64. The average Bonchev–Trinajstić information content (AvgIpc) is 2.79. The number of hydrogen-bond acceptors (Lipinski definition) is 6. The molecule has 0 spiro atoms. The van der Waals surface area contributed by atoms with Gasteiger partial charge in [0, 0.05) is 11.8 Å². The lowest BCUT2D eigenvalue weighted by Gasteiger charge is -2.31. The Hall–Kier alpha value is -3.50. The number of piperazine rings is 1. The molecule has 0 radical (unpaired) electrons. The third kappa shape index (κ3) is 3.89. The molecule has 0 aliphatic carbocycles. The second-order valence-electron chi connectivity index (χ2n) is 7.09. The second kappa shape index (κ2) is 8.25. The Morgan fingerprint density at radius 2 is 1.83 bits per heavy atom. The van der Waals surface area contributed by atoms with Crippen molar-refractivity contribution in [1.29, 1.82) is 5.26 Å². The highest BCUT2D eigenvalue weighted by molar-refractivity contribution is 5.76. The molecule has 3 heterocycles. The maximum Gasteiger partial charge on any atom is 0.180 e. The minimum absolute atomic E-state index is 0.495. The molecule has 0 bridgehead atoms. The summed E-state index contributed by atoms with van der Waals surface area (Å²) in [6.45, 7) is 3.71. The van der Waals surface area contributed by atoms with Crippen LogP contribution >= 0.6 is 0 Å². The molecule has 1 aliphatic rings. The number of nitriles is 1. The summed E-state index contributed by atoms with van der Waals surface area (Å²) in [5.74, 6) is 1.96. The molecule has 0 saturated carbocycles. The third-order valence-corrected chi connectivity index (χ3v) is 5.18. The Kier molecular flexibility index (Phi) is 5.36. The summed E-state index contributed by atoms with van der Waals surface area (Å²) in [4.78, 5) is 17.6. The summed E-state index contributed by atoms with van der Waals surface area (Å²) >= 11 is 0. The molecule has 1 fully saturated rings. The molecule has 1 aromatic carbocycles. The van der Waals surface area contributed by atoms with E-state index in [1.54, 1.807) is 13.3 Å². The van der Waals surface area contributed by atoms with Gasteiger partial charge in [-0.2, -0.15) is 5.26 Å². The number of anilines is 1. The summed E-state index contributed by atoms with van der Waals surface area (Å²) in [6, 6.07) is 15.6. The summed E-state index contributed by atoms with van der Waals surface area (Å²) < 4.78 is 5.27. The Balaban J connectivity index is 1.88. The summed E-state index contributed by atoms with van der Waals surface area (Å²) in [6.07, 6.45) is 1.73. The van der Waals surface area contributed by atoms with Gasteiger partial charge in [0.1, 0.15) is 23.1 Å². The van der Waals surface area contributed by atoms with E-state index in [2.05, 4.69) is 23.0 Å². The van der Waals surface area contributed by atoms with Crippen molar-refractivity contribution in [1.82, 2.24) is 15.0 Å². The Labute approximate surface area is 170 Å². The Morgan fingerprint density at radius 3 is 2.45 bits per heavy atom. The molecule has 7 heteroatoms. The van der Waals surface area contributed by atoms with Crippen LogP contribution in [0, 0.1) is 11.3 Å². The van der Waals surface area contributed by atoms with Crippen LogP contribution in [0.2, 0.25) is 0 Å². The molecule has 0 amide bonds. The van der Waals surface area contributed by atoms with E-state index in [9.17, 15) is 5.26 Å². The van der Waals surface area contributed by atoms with Gasteiger partial charge in [-0.3, -0.25) is 4.98 Å². The van der Waals surface area contributed by atoms with Crippen molar-refractivity contribution >= 4 is 5.82 Å². The number of pyridine rings is 1. The highest BCUT2D eigenvalue weighted by Gasteiger charge is 2.25. The van der Waals surface area contributed by atoms with E-state index in [1.165, 1.54) is 4.90 Å². The number of rotatable bonds is 4. The van der Waals surface area contributed by atoms with Crippen molar-refractivity contribution in [3.8, 4) is 34.6 Å². The first kappa shape index (κ1) is 18.8. The molecule has 29 heavy (non-hydrogen) atoms. The van der Waals surface area contributed by atoms with Crippen molar-refractivity contribution < 1.29 is 9.64 Å². The van der Waals surface area contributed by atoms with Crippen LogP contribution in [0.25, 0.3) is 22.8 Å². The zero-order valence-electron chi connectivity index (χ0n) is 16.6. The fourth-order valence-electron chi connectivity index (χ4n) is 3.45. The number of methoxy groups -OCH3 is 1. The largest absolute Gasteiger partial charge is 0.497 e. The van der Waals surface area contributed by atoms with E-state index in [0.29, 0.717) is 28.6 Å². The van der Waals surface area contributed by atoms with Crippen LogP contribution in [0.15, 0.2) is 48.7 Å². The quantitative estimate of drug-likeness (QED) is 0.729. The molecule has 4 rings (SSSR count). The molecule has 1 aliphatic heterocycles. The van der Waals surface area contributed by atoms with Crippen molar-refractivity contribution in [2.75, 3.05) is 45.2 Å². The molecular formula is C22H23N6O+. The van der Waals surface area contributed by atoms with Crippen LogP contribution in [-0.4, -0.2) is 55.3 Å². The standard InChI is InChI=1S/C22H22N6O/c1-27-11-13-28(14-12-27)22-18(15-23)20(16-6-8-17(29-2)9-7-16)25-21(26-22)19-5-3-4-10-24-19/h3-10H,11-14H2,1-2H3/p+1. The highest BCUT2D eigenvalue weighted by Crippen LogP contribution is 2.31. The van der Waals surface area contributed by atoms with Crippen molar-refractivity contribution in [2.24, 2.45) is 0 Å². The summed E-state index contributed by atoms with van der Waals surface area (Å²) in [7, 11) is 3.82. The minimum atomic E-state index is 0.495. The smallest absolute Gasteiger partial charge is 0.180 e. The zero-order valence-corrected chi connectivity index (χ0v) is 16.6. The lowest BCUT2D eigenvalue weighted by Crippen LogP contribution is -3.12. The highest BCUT2D eigenvalue weighted by atomic mass is 16.5. The molecule has 7 nitrogen and oxygen atoms in total. The predicted octanol–water partition coefficient (Wildman–Crippen LogP) is 1.42. The lowest BCUT2D eigenvalue weighted by molar-refractivity contribution is -0.880. The van der Waals surface area contributed by atoms with Crippen LogP contribution in [0.5, 0.6) is 5.75 Å².